The van der Waals surface area contributed by atoms with Gasteiger partial charge in [-0.2, -0.15) is 0 Å². The second-order valence-corrected chi connectivity index (χ2v) is 9.43. The van der Waals surface area contributed by atoms with Crippen LogP contribution in [-0.2, 0) is 11.4 Å². The van der Waals surface area contributed by atoms with E-state index in [-0.39, 0.29) is 23.9 Å². The van der Waals surface area contributed by atoms with Crippen LogP contribution in [0.15, 0.2) is 81.1 Å². The van der Waals surface area contributed by atoms with Crippen molar-refractivity contribution in [3.63, 3.8) is 0 Å². The molecule has 1 aliphatic rings. The lowest BCUT2D eigenvalue weighted by Crippen LogP contribution is -2.28. The Kier molecular flexibility index (Phi) is 7.67. The highest BCUT2D eigenvalue weighted by atomic mass is 79.9. The maximum absolute atomic E-state index is 13.5. The Bertz CT molecular complexity index is 1340. The summed E-state index contributed by atoms with van der Waals surface area (Å²) in [5.41, 5.74) is 2.09. The smallest absolute Gasteiger partial charge is 0.335 e. The van der Waals surface area contributed by atoms with Crippen LogP contribution in [0.25, 0.3) is 6.08 Å². The van der Waals surface area contributed by atoms with E-state index in [2.05, 4.69) is 20.9 Å². The summed E-state index contributed by atoms with van der Waals surface area (Å²) >= 11 is 4.70. The molecule has 9 heteroatoms. The molecule has 35 heavy (non-hydrogen) atoms. The molecule has 6 nitrogen and oxygen atoms in total. The van der Waals surface area contributed by atoms with Crippen LogP contribution in [0.2, 0.25) is 0 Å². The average Bonchev–Trinajstić information content (AvgIpc) is 3.12. The largest absolute Gasteiger partial charge is 0.488 e. The topological polar surface area (TPSA) is 79.2 Å². The molecule has 1 heterocycles. The Morgan fingerprint density at radius 2 is 1.94 bits per heavy atom. The van der Waals surface area contributed by atoms with E-state index < -0.39 is 5.97 Å². The molecule has 4 rings (SSSR count). The van der Waals surface area contributed by atoms with Gasteiger partial charge in [0.05, 0.1) is 16.2 Å². The van der Waals surface area contributed by atoms with Crippen LogP contribution in [0.3, 0.4) is 0 Å². The van der Waals surface area contributed by atoms with Gasteiger partial charge in [0.25, 0.3) is 5.91 Å². The monoisotopic (exact) mass is 554 g/mol. The quantitative estimate of drug-likeness (QED) is 0.337. The minimum atomic E-state index is -1.01. The lowest BCUT2D eigenvalue weighted by molar-refractivity contribution is -0.122. The number of aliphatic imine (C=N–C) groups is 1. The summed E-state index contributed by atoms with van der Waals surface area (Å²) in [7, 11) is 0. The van der Waals surface area contributed by atoms with Gasteiger partial charge in [-0.05, 0) is 84.9 Å². The molecule has 0 bridgehead atoms. The molecule has 1 amide bonds. The summed E-state index contributed by atoms with van der Waals surface area (Å²) < 4.78 is 20.3. The Hall–Kier alpha value is -3.43. The highest BCUT2D eigenvalue weighted by molar-refractivity contribution is 9.10. The molecule has 3 aromatic rings. The van der Waals surface area contributed by atoms with E-state index in [1.807, 2.05) is 19.1 Å². The first kappa shape index (κ1) is 24.7. The average molecular weight is 555 g/mol. The maximum atomic E-state index is 13.5. The van der Waals surface area contributed by atoms with Crippen molar-refractivity contribution >= 4 is 56.5 Å². The Morgan fingerprint density at radius 1 is 1.17 bits per heavy atom. The fourth-order valence-electron chi connectivity index (χ4n) is 3.35. The third kappa shape index (κ3) is 5.98. The number of likely N-dealkylation sites (N-methyl/N-ethyl adjacent to an activating group) is 1. The molecule has 0 spiro atoms. The standard InChI is InChI=1S/C26H20BrFN2O4S/c1-2-30-24(31)23(35-26(30)29-21-9-6-17(7-10-21)25(32)33)14-18-13-19(27)8-11-22(18)34-15-16-4-3-5-20(28)12-16/h3-14H,2,15H2,1H3,(H,32,33)/b23-14-,29-26?. The van der Waals surface area contributed by atoms with Crippen LogP contribution in [0.4, 0.5) is 10.1 Å². The van der Waals surface area contributed by atoms with Gasteiger partial charge in [0.15, 0.2) is 5.17 Å². The van der Waals surface area contributed by atoms with E-state index in [4.69, 9.17) is 9.84 Å². The first-order valence-corrected chi connectivity index (χ1v) is 12.2. The number of aromatic carboxylic acids is 1. The SMILES string of the molecule is CCN1C(=O)/C(=C/c2cc(Br)ccc2OCc2cccc(F)c2)SC1=Nc1ccc(C(=O)O)cc1. The van der Waals surface area contributed by atoms with Gasteiger partial charge in [-0.3, -0.25) is 9.69 Å². The molecule has 0 unspecified atom stereocenters. The molecule has 0 aromatic heterocycles. The fourth-order valence-corrected chi connectivity index (χ4v) is 4.78. The molecule has 1 aliphatic heterocycles. The van der Waals surface area contributed by atoms with Gasteiger partial charge in [0.2, 0.25) is 0 Å². The zero-order chi connectivity index (χ0) is 24.9. The van der Waals surface area contributed by atoms with Crippen molar-refractivity contribution in [2.75, 3.05) is 6.54 Å². The number of carboxylic acid groups (broad SMARTS) is 1. The Morgan fingerprint density at radius 3 is 2.63 bits per heavy atom. The van der Waals surface area contributed by atoms with Gasteiger partial charge in [-0.15, -0.1) is 0 Å². The molecular weight excluding hydrogens is 535 g/mol. The summed E-state index contributed by atoms with van der Waals surface area (Å²) in [5.74, 6) is -0.980. The van der Waals surface area contributed by atoms with Gasteiger partial charge in [-0.1, -0.05) is 28.1 Å². The Balaban J connectivity index is 1.60. The number of nitrogens with zero attached hydrogens (tertiary/aromatic N) is 2. The van der Waals surface area contributed by atoms with E-state index in [0.717, 1.165) is 4.47 Å². The number of amides is 1. The molecule has 178 valence electrons. The number of hydrogen-bond acceptors (Lipinski definition) is 5. The van der Waals surface area contributed by atoms with Gasteiger partial charge in [0, 0.05) is 16.6 Å². The molecule has 0 radical (unpaired) electrons. The third-order valence-corrected chi connectivity index (χ3v) is 6.58. The first-order valence-electron chi connectivity index (χ1n) is 10.6. The highest BCUT2D eigenvalue weighted by Gasteiger charge is 2.32. The van der Waals surface area contributed by atoms with Gasteiger partial charge in [0.1, 0.15) is 18.2 Å². The number of thioether (sulfide) groups is 1. The van der Waals surface area contributed by atoms with Gasteiger partial charge < -0.3 is 9.84 Å². The van der Waals surface area contributed by atoms with E-state index in [1.165, 1.54) is 36.0 Å². The predicted octanol–water partition coefficient (Wildman–Crippen LogP) is 6.49. The van der Waals surface area contributed by atoms with Crippen molar-refractivity contribution in [1.82, 2.24) is 4.90 Å². The van der Waals surface area contributed by atoms with Gasteiger partial charge in [-0.25, -0.2) is 14.2 Å². The normalized spacial score (nSPS) is 15.7. The number of amidine groups is 1. The minimum absolute atomic E-state index is 0.164. The van der Waals surface area contributed by atoms with E-state index in [0.29, 0.717) is 39.2 Å². The molecule has 1 fully saturated rings. The number of hydrogen-bond donors (Lipinski definition) is 1. The predicted molar refractivity (Wildman–Crippen MR) is 138 cm³/mol. The van der Waals surface area contributed by atoms with Crippen molar-refractivity contribution in [2.45, 2.75) is 13.5 Å². The first-order chi connectivity index (χ1) is 16.8. The van der Waals surface area contributed by atoms with E-state index >= 15 is 0 Å². The second-order valence-electron chi connectivity index (χ2n) is 7.51. The molecular formula is C26H20BrFN2O4S. The van der Waals surface area contributed by atoms with Crippen molar-refractivity contribution in [3.05, 3.63) is 98.6 Å². The number of carbonyl (C=O) groups excluding carboxylic acids is 1. The van der Waals surface area contributed by atoms with Crippen LogP contribution >= 0.6 is 27.7 Å². The summed E-state index contributed by atoms with van der Waals surface area (Å²) in [6, 6.07) is 17.8. The number of benzene rings is 3. The number of ether oxygens (including phenoxy) is 1. The number of carbonyl (C=O) groups is 2. The summed E-state index contributed by atoms with van der Waals surface area (Å²) in [4.78, 5) is 30.7. The second kappa shape index (κ2) is 10.9. The van der Waals surface area contributed by atoms with Crippen molar-refractivity contribution in [2.24, 2.45) is 4.99 Å². The molecule has 0 atom stereocenters. The molecule has 1 N–H and O–H groups in total. The molecule has 1 saturated heterocycles. The van der Waals surface area contributed by atoms with Crippen molar-refractivity contribution < 1.29 is 23.8 Å². The zero-order valence-corrected chi connectivity index (χ0v) is 21.0. The van der Waals surface area contributed by atoms with Gasteiger partial charge >= 0.3 is 5.97 Å². The maximum Gasteiger partial charge on any atom is 0.335 e. The van der Waals surface area contributed by atoms with Crippen LogP contribution < -0.4 is 4.74 Å². The Labute approximate surface area is 214 Å². The van der Waals surface area contributed by atoms with Crippen molar-refractivity contribution in [3.8, 4) is 5.75 Å². The van der Waals surface area contributed by atoms with Crippen LogP contribution in [0.5, 0.6) is 5.75 Å². The lowest BCUT2D eigenvalue weighted by atomic mass is 10.1. The number of carboxylic acids is 1. The lowest BCUT2D eigenvalue weighted by Gasteiger charge is -2.12. The van der Waals surface area contributed by atoms with Crippen LogP contribution in [0.1, 0.15) is 28.4 Å². The minimum Gasteiger partial charge on any atom is -0.488 e. The summed E-state index contributed by atoms with van der Waals surface area (Å²) in [6.07, 6.45) is 1.75. The molecule has 0 saturated carbocycles. The van der Waals surface area contributed by atoms with E-state index in [9.17, 15) is 14.0 Å². The third-order valence-electron chi connectivity index (χ3n) is 5.09. The summed E-state index contributed by atoms with van der Waals surface area (Å²) in [5, 5.41) is 9.58. The number of rotatable bonds is 7. The molecule has 3 aromatic carbocycles. The van der Waals surface area contributed by atoms with Crippen molar-refractivity contribution in [1.29, 1.82) is 0 Å². The van der Waals surface area contributed by atoms with Crippen LogP contribution in [0, 0.1) is 5.82 Å². The fraction of sp³-hybridized carbons (Fsp3) is 0.115. The van der Waals surface area contributed by atoms with Crippen LogP contribution in [-0.4, -0.2) is 33.6 Å². The molecule has 0 aliphatic carbocycles. The van der Waals surface area contributed by atoms with E-state index in [1.54, 1.807) is 41.3 Å². The zero-order valence-electron chi connectivity index (χ0n) is 18.6. The number of halogens is 2. The highest BCUT2D eigenvalue weighted by Crippen LogP contribution is 2.36. The summed E-state index contributed by atoms with van der Waals surface area (Å²) in [6.45, 7) is 2.46.